The number of thioether (sulfide) groups is 1. The number of carbonyl (C=O) groups excluding carboxylic acids is 1. The van der Waals surface area contributed by atoms with Crippen LogP contribution in [0.1, 0.15) is 5.56 Å². The molecule has 4 aromatic rings. The Hall–Kier alpha value is -3.17. The molecule has 7 nitrogen and oxygen atoms in total. The van der Waals surface area contributed by atoms with E-state index in [4.69, 9.17) is 9.15 Å². The largest absolute Gasteiger partial charge is 0.497 e. The van der Waals surface area contributed by atoms with E-state index in [0.29, 0.717) is 16.7 Å². The first-order valence-electron chi connectivity index (χ1n) is 8.54. The predicted octanol–water partition coefficient (Wildman–Crippen LogP) is 3.65. The van der Waals surface area contributed by atoms with E-state index in [2.05, 4.69) is 15.5 Å². The molecule has 0 saturated heterocycles. The number of fused-ring (bicyclic) bond motifs is 2. The zero-order chi connectivity index (χ0) is 20.2. The summed E-state index contributed by atoms with van der Waals surface area (Å²) < 4.78 is 12.5. The number of carbonyl (C=O) groups is 1. The lowest BCUT2D eigenvalue weighted by molar-refractivity contribution is -0.118. The van der Waals surface area contributed by atoms with Crippen LogP contribution in [-0.4, -0.2) is 30.0 Å². The summed E-state index contributed by atoms with van der Waals surface area (Å²) in [6.45, 7) is 0. The Morgan fingerprint density at radius 3 is 3.03 bits per heavy atom. The van der Waals surface area contributed by atoms with Crippen LogP contribution in [0.15, 0.2) is 67.4 Å². The number of benzene rings is 2. The molecule has 1 amide bonds. The van der Waals surface area contributed by atoms with Crippen molar-refractivity contribution in [3.8, 4) is 5.75 Å². The fraction of sp³-hybridized carbons (Fsp3) is 0.100. The van der Waals surface area contributed by atoms with Gasteiger partial charge in [-0.3, -0.25) is 9.59 Å². The predicted molar refractivity (Wildman–Crippen MR) is 115 cm³/mol. The second kappa shape index (κ2) is 8.46. The van der Waals surface area contributed by atoms with Crippen molar-refractivity contribution in [2.24, 2.45) is 5.10 Å². The van der Waals surface area contributed by atoms with Gasteiger partial charge in [0.25, 0.3) is 5.91 Å². The molecule has 9 heteroatoms. The van der Waals surface area contributed by atoms with Crippen molar-refractivity contribution in [3.63, 3.8) is 0 Å². The number of hydrogen-bond donors (Lipinski definition) is 1. The highest BCUT2D eigenvalue weighted by Crippen LogP contribution is 2.29. The Labute approximate surface area is 173 Å². The minimum absolute atomic E-state index is 0.170. The van der Waals surface area contributed by atoms with Crippen LogP contribution in [0.2, 0.25) is 0 Å². The molecule has 4 rings (SSSR count). The van der Waals surface area contributed by atoms with Gasteiger partial charge in [0.2, 0.25) is 5.43 Å². The van der Waals surface area contributed by atoms with Gasteiger partial charge in [-0.2, -0.15) is 5.10 Å². The van der Waals surface area contributed by atoms with Crippen molar-refractivity contribution in [2.45, 2.75) is 4.34 Å². The van der Waals surface area contributed by atoms with E-state index in [9.17, 15) is 9.59 Å². The number of ether oxygens (including phenoxy) is 1. The first-order valence-corrected chi connectivity index (χ1v) is 10.3. The number of nitrogens with one attached hydrogen (secondary N) is 1. The third-order valence-electron chi connectivity index (χ3n) is 4.00. The van der Waals surface area contributed by atoms with Crippen molar-refractivity contribution in [1.29, 1.82) is 0 Å². The van der Waals surface area contributed by atoms with Gasteiger partial charge >= 0.3 is 0 Å². The highest BCUT2D eigenvalue weighted by Gasteiger charge is 2.08. The molecule has 2 heterocycles. The third-order valence-corrected chi connectivity index (χ3v) is 6.18. The van der Waals surface area contributed by atoms with Gasteiger partial charge < -0.3 is 9.15 Å². The second-order valence-electron chi connectivity index (χ2n) is 5.91. The van der Waals surface area contributed by atoms with Crippen LogP contribution >= 0.6 is 23.1 Å². The molecule has 2 aromatic heterocycles. The average molecular weight is 425 g/mol. The molecule has 0 saturated carbocycles. The van der Waals surface area contributed by atoms with E-state index in [1.165, 1.54) is 42.7 Å². The first kappa shape index (κ1) is 19.2. The van der Waals surface area contributed by atoms with E-state index >= 15 is 0 Å². The van der Waals surface area contributed by atoms with Crippen LogP contribution in [0.25, 0.3) is 21.2 Å². The maximum absolute atomic E-state index is 12.5. The summed E-state index contributed by atoms with van der Waals surface area (Å²) in [4.78, 5) is 29.0. The topological polar surface area (TPSA) is 93.8 Å². The van der Waals surface area contributed by atoms with Gasteiger partial charge in [-0.15, -0.1) is 11.3 Å². The number of amides is 1. The van der Waals surface area contributed by atoms with Crippen LogP contribution in [0.3, 0.4) is 0 Å². The minimum Gasteiger partial charge on any atom is -0.497 e. The third kappa shape index (κ3) is 4.30. The zero-order valence-corrected chi connectivity index (χ0v) is 16.9. The SMILES string of the molecule is COc1ccc2c(=O)c(/C=N/NC(=O)CSc3nc4ccccc4s3)coc2c1. The van der Waals surface area contributed by atoms with E-state index in [0.717, 1.165) is 14.6 Å². The highest BCUT2D eigenvalue weighted by atomic mass is 32.2. The van der Waals surface area contributed by atoms with Crippen LogP contribution in [-0.2, 0) is 4.79 Å². The number of nitrogens with zero attached hydrogens (tertiary/aromatic N) is 2. The van der Waals surface area contributed by atoms with Gasteiger partial charge in [-0.25, -0.2) is 10.4 Å². The smallest absolute Gasteiger partial charge is 0.250 e. The number of methoxy groups -OCH3 is 1. The molecular formula is C20H15N3O4S2. The quantitative estimate of drug-likeness (QED) is 0.288. The number of para-hydroxylation sites is 1. The number of hydrazone groups is 1. The van der Waals surface area contributed by atoms with E-state index in [-0.39, 0.29) is 22.7 Å². The minimum atomic E-state index is -0.291. The summed E-state index contributed by atoms with van der Waals surface area (Å²) in [6.07, 6.45) is 2.57. The maximum atomic E-state index is 12.5. The molecule has 0 aliphatic carbocycles. The highest BCUT2D eigenvalue weighted by molar-refractivity contribution is 8.01. The second-order valence-corrected chi connectivity index (χ2v) is 8.16. The van der Waals surface area contributed by atoms with E-state index < -0.39 is 0 Å². The fourth-order valence-corrected chi connectivity index (χ4v) is 4.45. The van der Waals surface area contributed by atoms with Gasteiger partial charge in [0, 0.05) is 6.07 Å². The van der Waals surface area contributed by atoms with Crippen molar-refractivity contribution in [3.05, 3.63) is 64.5 Å². The Morgan fingerprint density at radius 2 is 2.21 bits per heavy atom. The standard InChI is InChI=1S/C20H15N3O4S2/c1-26-13-6-7-14-16(8-13)27-10-12(19(14)25)9-21-23-18(24)11-28-20-22-15-4-2-3-5-17(15)29-20/h2-10H,11H2,1H3,(H,23,24)/b21-9+. The summed E-state index contributed by atoms with van der Waals surface area (Å²) >= 11 is 2.87. The van der Waals surface area contributed by atoms with Crippen molar-refractivity contribution in [1.82, 2.24) is 10.4 Å². The molecule has 0 bridgehead atoms. The Kier molecular flexibility index (Phi) is 5.59. The zero-order valence-electron chi connectivity index (χ0n) is 15.2. The fourth-order valence-electron chi connectivity index (χ4n) is 2.59. The summed E-state index contributed by atoms with van der Waals surface area (Å²) in [5, 5.41) is 4.27. The van der Waals surface area contributed by atoms with Crippen molar-refractivity contribution in [2.75, 3.05) is 12.9 Å². The van der Waals surface area contributed by atoms with Gasteiger partial charge in [-0.1, -0.05) is 23.9 Å². The van der Waals surface area contributed by atoms with Crippen LogP contribution < -0.4 is 15.6 Å². The molecule has 1 N–H and O–H groups in total. The van der Waals surface area contributed by atoms with Crippen LogP contribution in [0.5, 0.6) is 5.75 Å². The molecule has 29 heavy (non-hydrogen) atoms. The summed E-state index contributed by atoms with van der Waals surface area (Å²) in [7, 11) is 1.54. The number of hydrogen-bond acceptors (Lipinski definition) is 8. The number of rotatable bonds is 6. The molecule has 0 spiro atoms. The molecule has 0 aliphatic rings. The molecule has 0 aliphatic heterocycles. The van der Waals surface area contributed by atoms with Crippen molar-refractivity contribution < 1.29 is 13.9 Å². The summed E-state index contributed by atoms with van der Waals surface area (Å²) in [6, 6.07) is 12.8. The van der Waals surface area contributed by atoms with Gasteiger partial charge in [-0.05, 0) is 24.3 Å². The van der Waals surface area contributed by atoms with Gasteiger partial charge in [0.1, 0.15) is 17.6 Å². The monoisotopic (exact) mass is 425 g/mol. The van der Waals surface area contributed by atoms with Gasteiger partial charge in [0.05, 0.1) is 40.2 Å². The number of aromatic nitrogens is 1. The number of thiazole rings is 1. The average Bonchev–Trinajstić information content (AvgIpc) is 3.16. The maximum Gasteiger partial charge on any atom is 0.250 e. The summed E-state index contributed by atoms with van der Waals surface area (Å²) in [5.74, 6) is 0.476. The molecule has 0 unspecified atom stereocenters. The van der Waals surface area contributed by atoms with Crippen molar-refractivity contribution >= 4 is 56.4 Å². The molecule has 2 aromatic carbocycles. The Bertz CT molecular complexity index is 1250. The van der Waals surface area contributed by atoms with E-state index in [1.54, 1.807) is 18.2 Å². The lowest BCUT2D eigenvalue weighted by atomic mass is 10.2. The lowest BCUT2D eigenvalue weighted by Gasteiger charge is -2.02. The van der Waals surface area contributed by atoms with Crippen LogP contribution in [0.4, 0.5) is 0 Å². The van der Waals surface area contributed by atoms with E-state index in [1.807, 2.05) is 24.3 Å². The summed E-state index contributed by atoms with van der Waals surface area (Å²) in [5.41, 5.74) is 3.75. The molecular weight excluding hydrogens is 410 g/mol. The van der Waals surface area contributed by atoms with Crippen LogP contribution in [0, 0.1) is 0 Å². The lowest BCUT2D eigenvalue weighted by Crippen LogP contribution is -2.20. The normalized spacial score (nSPS) is 11.3. The molecule has 0 radical (unpaired) electrons. The Morgan fingerprint density at radius 1 is 1.34 bits per heavy atom. The first-order chi connectivity index (χ1) is 14.1. The van der Waals surface area contributed by atoms with Gasteiger partial charge in [0.15, 0.2) is 4.34 Å². The Balaban J connectivity index is 1.38. The molecule has 0 atom stereocenters. The molecule has 0 fully saturated rings. The molecule has 146 valence electrons.